The second-order valence-electron chi connectivity index (χ2n) is 2.15. The van der Waals surface area contributed by atoms with E-state index in [1.54, 1.807) is 0 Å². The third-order valence-electron chi connectivity index (χ3n) is 0.960. The van der Waals surface area contributed by atoms with Crippen LogP contribution < -0.4 is 5.32 Å². The normalized spacial score (nSPS) is 8.75. The first-order valence-electron chi connectivity index (χ1n) is 3.33. The zero-order valence-corrected chi connectivity index (χ0v) is 6.79. The maximum atomic E-state index is 10.7. The third-order valence-corrected chi connectivity index (χ3v) is 0.960. The van der Waals surface area contributed by atoms with Crippen LogP contribution in [0.2, 0.25) is 0 Å². The summed E-state index contributed by atoms with van der Waals surface area (Å²) in [6.07, 6.45) is -1.14. The number of nitrogens with one attached hydrogen (secondary N) is 1. The van der Waals surface area contributed by atoms with Crippen LogP contribution in [0.1, 0.15) is 8.35 Å². The number of hydrogen-bond acceptors (Lipinski definition) is 3. The number of ether oxygens (including phenoxy) is 1. The van der Waals surface area contributed by atoms with Crippen LogP contribution in [0, 0.1) is 0 Å². The Morgan fingerprint density at radius 2 is 2.25 bits per heavy atom. The summed E-state index contributed by atoms with van der Waals surface area (Å²) in [4.78, 5) is 20.6. The summed E-state index contributed by atoms with van der Waals surface area (Å²) in [6, 6.07) is 0. The van der Waals surface area contributed by atoms with Gasteiger partial charge < -0.3 is 15.2 Å². The lowest BCUT2D eigenvalue weighted by Gasteiger charge is -2.03. The summed E-state index contributed by atoms with van der Waals surface area (Å²) in [5.41, 5.74) is 0.297. The average molecular weight is 175 g/mol. The molecule has 0 unspecified atom stereocenters. The highest BCUT2D eigenvalue weighted by atomic mass is 16.5. The van der Waals surface area contributed by atoms with E-state index in [1.165, 1.54) is 6.92 Å². The molecule has 0 bridgehead atoms. The highest BCUT2D eigenvalue weighted by Gasteiger charge is 2.02. The van der Waals surface area contributed by atoms with Gasteiger partial charge in [-0.1, -0.05) is 6.58 Å². The molecule has 0 spiro atoms. The number of hydrogen-bond donors (Lipinski definition) is 2. The van der Waals surface area contributed by atoms with Crippen molar-refractivity contribution < 1.29 is 20.9 Å². The van der Waals surface area contributed by atoms with E-state index in [-0.39, 0.29) is 14.6 Å². The summed E-state index contributed by atoms with van der Waals surface area (Å²) in [6.45, 7) is 5.00. The molecule has 0 saturated heterocycles. The first-order chi connectivity index (χ1) is 5.54. The Labute approximate surface area is 71.5 Å². The van der Waals surface area contributed by atoms with Crippen LogP contribution in [0.5, 0.6) is 0 Å². The summed E-state index contributed by atoms with van der Waals surface area (Å²) in [5.74, 6) is -0.512. The van der Waals surface area contributed by atoms with Crippen LogP contribution in [0.25, 0.3) is 0 Å². The van der Waals surface area contributed by atoms with Crippen LogP contribution in [0.15, 0.2) is 12.2 Å². The first kappa shape index (κ1) is 10.5. The minimum absolute atomic E-state index is 0. The van der Waals surface area contributed by atoms with Crippen molar-refractivity contribution in [1.82, 2.24) is 5.32 Å². The molecule has 0 atom stereocenters. The molecule has 0 heterocycles. The van der Waals surface area contributed by atoms with Crippen molar-refractivity contribution in [1.29, 1.82) is 0 Å². The molecule has 0 aliphatic rings. The fourth-order valence-corrected chi connectivity index (χ4v) is 0.425. The van der Waals surface area contributed by atoms with E-state index >= 15 is 0 Å². The second-order valence-corrected chi connectivity index (χ2v) is 2.15. The van der Waals surface area contributed by atoms with E-state index in [4.69, 9.17) is 5.11 Å². The highest BCUT2D eigenvalue weighted by Crippen LogP contribution is 1.90. The van der Waals surface area contributed by atoms with Gasteiger partial charge >= 0.3 is 12.1 Å². The molecule has 1 amide bonds. The monoisotopic (exact) mass is 175 g/mol. The Kier molecular flexibility index (Phi) is 4.52. The minimum atomic E-state index is -1.14. The largest absolute Gasteiger partial charge is 0.465 e. The van der Waals surface area contributed by atoms with Crippen LogP contribution >= 0.6 is 0 Å². The Morgan fingerprint density at radius 3 is 2.67 bits per heavy atom. The van der Waals surface area contributed by atoms with Crippen molar-refractivity contribution in [2.75, 3.05) is 13.2 Å². The Morgan fingerprint density at radius 1 is 1.67 bits per heavy atom. The fourth-order valence-electron chi connectivity index (χ4n) is 0.425. The molecular formula is C7H13NO4. The van der Waals surface area contributed by atoms with Gasteiger partial charge in [0.25, 0.3) is 0 Å². The van der Waals surface area contributed by atoms with E-state index in [9.17, 15) is 9.59 Å². The maximum Gasteiger partial charge on any atom is 0.404 e. The predicted molar refractivity (Wildman–Crippen MR) is 43.9 cm³/mol. The van der Waals surface area contributed by atoms with Gasteiger partial charge in [-0.3, -0.25) is 0 Å². The Hall–Kier alpha value is -1.52. The van der Waals surface area contributed by atoms with E-state index in [1.807, 2.05) is 5.32 Å². The molecule has 2 N–H and O–H groups in total. The van der Waals surface area contributed by atoms with Gasteiger partial charge in [-0.25, -0.2) is 9.59 Å². The molecule has 5 heteroatoms. The van der Waals surface area contributed by atoms with Gasteiger partial charge in [0, 0.05) is 7.00 Å². The van der Waals surface area contributed by atoms with E-state index in [0.717, 1.165) is 0 Å². The molecule has 0 aliphatic carbocycles. The van der Waals surface area contributed by atoms with Crippen LogP contribution in [0.3, 0.4) is 0 Å². The molecule has 0 aliphatic heterocycles. The van der Waals surface area contributed by atoms with Crippen molar-refractivity contribution in [3.63, 3.8) is 0 Å². The Bertz CT molecular complexity index is 205. The molecule has 0 aromatic carbocycles. The van der Waals surface area contributed by atoms with Crippen LogP contribution in [-0.4, -0.2) is 30.3 Å². The van der Waals surface area contributed by atoms with Gasteiger partial charge in [0.1, 0.15) is 6.61 Å². The lowest BCUT2D eigenvalue weighted by Crippen LogP contribution is -2.26. The molecule has 0 radical (unpaired) electrons. The molecule has 0 aromatic heterocycles. The molecule has 0 aromatic rings. The lowest BCUT2D eigenvalue weighted by atomic mass is 10.4. The van der Waals surface area contributed by atoms with Crippen molar-refractivity contribution in [2.24, 2.45) is 0 Å². The summed E-state index contributed by atoms with van der Waals surface area (Å²) >= 11 is 0. The first-order valence-corrected chi connectivity index (χ1v) is 3.33. The summed E-state index contributed by atoms with van der Waals surface area (Å²) in [5, 5.41) is 10.2. The Balaban J connectivity index is 0. The number of rotatable bonds is 4. The van der Waals surface area contributed by atoms with E-state index < -0.39 is 12.1 Å². The van der Waals surface area contributed by atoms with Gasteiger partial charge in [-0.2, -0.15) is 0 Å². The highest BCUT2D eigenvalue weighted by molar-refractivity contribution is 5.86. The topological polar surface area (TPSA) is 75.6 Å². The predicted octanol–water partition coefficient (Wildman–Crippen LogP) is 0.619. The van der Waals surface area contributed by atoms with Gasteiger partial charge in [-0.05, 0) is 6.92 Å². The maximum absolute atomic E-state index is 10.7. The quantitative estimate of drug-likeness (QED) is 0.373. The molecule has 0 rings (SSSR count). The zero-order chi connectivity index (χ0) is 9.56. The average Bonchev–Trinajstić information content (AvgIpc) is 1.97. The van der Waals surface area contributed by atoms with Crippen molar-refractivity contribution in [2.45, 2.75) is 6.92 Å². The van der Waals surface area contributed by atoms with Crippen molar-refractivity contribution in [3.8, 4) is 0 Å². The lowest BCUT2D eigenvalue weighted by molar-refractivity contribution is -0.138. The van der Waals surface area contributed by atoms with E-state index in [0.29, 0.717) is 5.57 Å². The van der Waals surface area contributed by atoms with Crippen LogP contribution in [-0.2, 0) is 9.53 Å². The molecule has 12 heavy (non-hydrogen) atoms. The van der Waals surface area contributed by atoms with Gasteiger partial charge in [0.15, 0.2) is 0 Å². The molecule has 70 valence electrons. The molecule has 5 nitrogen and oxygen atoms in total. The number of esters is 1. The van der Waals surface area contributed by atoms with Gasteiger partial charge in [0.2, 0.25) is 0 Å². The SMILES string of the molecule is C=C(C)C(=O)OCCNC(=O)O.[HH]. The smallest absolute Gasteiger partial charge is 0.404 e. The van der Waals surface area contributed by atoms with Crippen molar-refractivity contribution in [3.05, 3.63) is 12.2 Å². The molecule has 0 fully saturated rings. The number of amides is 1. The van der Waals surface area contributed by atoms with Crippen LogP contribution in [0.4, 0.5) is 4.79 Å². The summed E-state index contributed by atoms with van der Waals surface area (Å²) in [7, 11) is 0. The number of carbonyl (C=O) groups excluding carboxylic acids is 1. The second kappa shape index (κ2) is 5.17. The van der Waals surface area contributed by atoms with Gasteiger partial charge in [-0.15, -0.1) is 0 Å². The van der Waals surface area contributed by atoms with Crippen molar-refractivity contribution >= 4 is 12.1 Å². The fraction of sp³-hybridized carbons (Fsp3) is 0.429. The standard InChI is InChI=1S/C7H11NO4.H2/c1-5(2)6(9)12-4-3-8-7(10)11;/h8H,1,3-4H2,2H3,(H,10,11);1H. The zero-order valence-electron chi connectivity index (χ0n) is 6.79. The molecular weight excluding hydrogens is 162 g/mol. The van der Waals surface area contributed by atoms with E-state index in [2.05, 4.69) is 11.3 Å². The number of carboxylic acid groups (broad SMARTS) is 1. The number of carbonyl (C=O) groups is 2. The summed E-state index contributed by atoms with van der Waals surface area (Å²) < 4.78 is 4.59. The molecule has 0 saturated carbocycles. The third kappa shape index (κ3) is 5.28. The van der Waals surface area contributed by atoms with Gasteiger partial charge in [0.05, 0.1) is 6.54 Å². The minimum Gasteiger partial charge on any atom is -0.465 e.